The fourth-order valence-electron chi connectivity index (χ4n) is 3.44. The van der Waals surface area contributed by atoms with Crippen LogP contribution in [0.1, 0.15) is 16.2 Å². The first kappa shape index (κ1) is 16.5. The number of para-hydroxylation sites is 1. The molecule has 2 atom stereocenters. The predicted molar refractivity (Wildman–Crippen MR) is 99.5 cm³/mol. The summed E-state index contributed by atoms with van der Waals surface area (Å²) in [7, 11) is 0. The van der Waals surface area contributed by atoms with E-state index in [4.69, 9.17) is 5.73 Å². The molecule has 3 aromatic rings. The van der Waals surface area contributed by atoms with Crippen molar-refractivity contribution in [1.82, 2.24) is 14.9 Å². The van der Waals surface area contributed by atoms with Crippen molar-refractivity contribution in [2.45, 2.75) is 12.5 Å². The Kier molecular flexibility index (Phi) is 4.26. The van der Waals surface area contributed by atoms with Gasteiger partial charge < -0.3 is 15.7 Å². The fourth-order valence-corrected chi connectivity index (χ4v) is 3.44. The second-order valence-corrected chi connectivity index (χ2v) is 6.68. The summed E-state index contributed by atoms with van der Waals surface area (Å²) in [6, 6.07) is 17.0. The van der Waals surface area contributed by atoms with Crippen LogP contribution in [0, 0.1) is 5.92 Å². The maximum atomic E-state index is 12.6. The molecule has 1 saturated heterocycles. The minimum atomic E-state index is -0.576. The third-order valence-electron chi connectivity index (χ3n) is 4.81. The highest BCUT2D eigenvalue weighted by Crippen LogP contribution is 2.23. The SMILES string of the molecule is Nc1cccc(C(=O)N2C[C@@H](Cc3ccc4ccccc4n3)[C@H](O)C2)n1. The minimum absolute atomic E-state index is 0.0475. The lowest BCUT2D eigenvalue weighted by molar-refractivity contribution is 0.0759. The van der Waals surface area contributed by atoms with Gasteiger partial charge in [0, 0.05) is 30.1 Å². The molecule has 1 amide bonds. The molecule has 0 radical (unpaired) electrons. The van der Waals surface area contributed by atoms with Gasteiger partial charge in [0.05, 0.1) is 11.6 Å². The smallest absolute Gasteiger partial charge is 0.272 e. The van der Waals surface area contributed by atoms with Gasteiger partial charge in [0.15, 0.2) is 0 Å². The first-order valence-electron chi connectivity index (χ1n) is 8.65. The van der Waals surface area contributed by atoms with E-state index in [9.17, 15) is 9.90 Å². The van der Waals surface area contributed by atoms with Crippen LogP contribution >= 0.6 is 0 Å². The highest BCUT2D eigenvalue weighted by molar-refractivity contribution is 5.92. The van der Waals surface area contributed by atoms with Crippen LogP contribution in [0.3, 0.4) is 0 Å². The van der Waals surface area contributed by atoms with Crippen molar-refractivity contribution in [2.75, 3.05) is 18.8 Å². The normalized spacial score (nSPS) is 19.8. The zero-order valence-electron chi connectivity index (χ0n) is 14.2. The van der Waals surface area contributed by atoms with Crippen LogP contribution in [0.4, 0.5) is 5.82 Å². The van der Waals surface area contributed by atoms with Crippen LogP contribution in [0.2, 0.25) is 0 Å². The number of aliphatic hydroxyl groups is 1. The molecule has 2 aromatic heterocycles. The van der Waals surface area contributed by atoms with Gasteiger partial charge in [0.1, 0.15) is 11.5 Å². The third-order valence-corrected chi connectivity index (χ3v) is 4.81. The van der Waals surface area contributed by atoms with Crippen molar-refractivity contribution in [1.29, 1.82) is 0 Å². The van der Waals surface area contributed by atoms with Gasteiger partial charge in [0.2, 0.25) is 0 Å². The Hall–Kier alpha value is -2.99. The molecule has 6 heteroatoms. The summed E-state index contributed by atoms with van der Waals surface area (Å²) >= 11 is 0. The summed E-state index contributed by atoms with van der Waals surface area (Å²) in [5, 5.41) is 11.5. The number of nitrogen functional groups attached to an aromatic ring is 1. The molecule has 0 aliphatic carbocycles. The monoisotopic (exact) mass is 348 g/mol. The summed E-state index contributed by atoms with van der Waals surface area (Å²) in [4.78, 5) is 23.0. The topological polar surface area (TPSA) is 92.3 Å². The second-order valence-electron chi connectivity index (χ2n) is 6.68. The molecule has 0 spiro atoms. The number of nitrogens with zero attached hydrogens (tertiary/aromatic N) is 3. The van der Waals surface area contributed by atoms with Crippen LogP contribution in [-0.4, -0.2) is 45.1 Å². The molecular formula is C20H20N4O2. The largest absolute Gasteiger partial charge is 0.391 e. The molecule has 1 aromatic carbocycles. The lowest BCUT2D eigenvalue weighted by Gasteiger charge is -2.15. The van der Waals surface area contributed by atoms with Crippen LogP contribution < -0.4 is 5.73 Å². The molecule has 26 heavy (non-hydrogen) atoms. The van der Waals surface area contributed by atoms with E-state index in [1.165, 1.54) is 0 Å². The average molecular weight is 348 g/mol. The first-order valence-corrected chi connectivity index (χ1v) is 8.65. The Morgan fingerprint density at radius 1 is 1.08 bits per heavy atom. The quantitative estimate of drug-likeness (QED) is 0.754. The number of hydrogen-bond donors (Lipinski definition) is 2. The second kappa shape index (κ2) is 6.72. The number of fused-ring (bicyclic) bond motifs is 1. The molecule has 1 aliphatic heterocycles. The Morgan fingerprint density at radius 3 is 2.77 bits per heavy atom. The van der Waals surface area contributed by atoms with Gasteiger partial charge in [0.25, 0.3) is 5.91 Å². The number of anilines is 1. The number of carbonyl (C=O) groups is 1. The van der Waals surface area contributed by atoms with Crippen LogP contribution in [0.15, 0.2) is 54.6 Å². The number of hydrogen-bond acceptors (Lipinski definition) is 5. The number of aromatic nitrogens is 2. The predicted octanol–water partition coefficient (Wildman–Crippen LogP) is 1.89. The maximum Gasteiger partial charge on any atom is 0.272 e. The van der Waals surface area contributed by atoms with Gasteiger partial charge in [-0.15, -0.1) is 0 Å². The fraction of sp³-hybridized carbons (Fsp3) is 0.250. The third kappa shape index (κ3) is 3.23. The van der Waals surface area contributed by atoms with Gasteiger partial charge in [-0.2, -0.15) is 0 Å². The number of likely N-dealkylation sites (tertiary alicyclic amines) is 1. The van der Waals surface area contributed by atoms with E-state index in [0.29, 0.717) is 31.0 Å². The molecule has 0 bridgehead atoms. The molecule has 132 valence electrons. The lowest BCUT2D eigenvalue weighted by atomic mass is 9.99. The highest BCUT2D eigenvalue weighted by Gasteiger charge is 2.35. The highest BCUT2D eigenvalue weighted by atomic mass is 16.3. The van der Waals surface area contributed by atoms with Crippen LogP contribution in [0.5, 0.6) is 0 Å². The Morgan fingerprint density at radius 2 is 1.92 bits per heavy atom. The number of benzene rings is 1. The van der Waals surface area contributed by atoms with E-state index in [2.05, 4.69) is 9.97 Å². The molecule has 3 N–H and O–H groups in total. The number of pyridine rings is 2. The Balaban J connectivity index is 1.48. The van der Waals surface area contributed by atoms with E-state index in [1.807, 2.05) is 36.4 Å². The Labute approximate surface area is 151 Å². The minimum Gasteiger partial charge on any atom is -0.391 e. The summed E-state index contributed by atoms with van der Waals surface area (Å²) in [5.74, 6) is 0.0616. The van der Waals surface area contributed by atoms with Crippen molar-refractivity contribution < 1.29 is 9.90 Å². The number of carbonyl (C=O) groups excluding carboxylic acids is 1. The van der Waals surface area contributed by atoms with E-state index >= 15 is 0 Å². The van der Waals surface area contributed by atoms with Gasteiger partial charge in [-0.3, -0.25) is 9.78 Å². The van der Waals surface area contributed by atoms with Gasteiger partial charge in [-0.1, -0.05) is 30.3 Å². The maximum absolute atomic E-state index is 12.6. The van der Waals surface area contributed by atoms with E-state index in [-0.39, 0.29) is 11.8 Å². The van der Waals surface area contributed by atoms with E-state index in [0.717, 1.165) is 16.6 Å². The zero-order valence-corrected chi connectivity index (χ0v) is 14.2. The molecule has 4 rings (SSSR count). The molecule has 1 fully saturated rings. The van der Waals surface area contributed by atoms with Gasteiger partial charge in [-0.05, 0) is 30.7 Å². The van der Waals surface area contributed by atoms with Gasteiger partial charge >= 0.3 is 0 Å². The van der Waals surface area contributed by atoms with E-state index < -0.39 is 6.10 Å². The molecule has 6 nitrogen and oxygen atoms in total. The number of aliphatic hydroxyl groups excluding tert-OH is 1. The van der Waals surface area contributed by atoms with Crippen molar-refractivity contribution in [3.05, 3.63) is 66.0 Å². The van der Waals surface area contributed by atoms with Crippen molar-refractivity contribution in [2.24, 2.45) is 5.92 Å². The average Bonchev–Trinajstić information content (AvgIpc) is 3.01. The lowest BCUT2D eigenvalue weighted by Crippen LogP contribution is -2.30. The summed E-state index contributed by atoms with van der Waals surface area (Å²) < 4.78 is 0. The molecular weight excluding hydrogens is 328 g/mol. The van der Waals surface area contributed by atoms with Crippen molar-refractivity contribution >= 4 is 22.6 Å². The van der Waals surface area contributed by atoms with Gasteiger partial charge in [-0.25, -0.2) is 4.98 Å². The van der Waals surface area contributed by atoms with Crippen molar-refractivity contribution in [3.8, 4) is 0 Å². The molecule has 0 unspecified atom stereocenters. The first-order chi connectivity index (χ1) is 12.6. The standard InChI is InChI=1S/C20H20N4O2/c21-19-7-3-6-17(23-19)20(26)24-11-14(18(25)12-24)10-15-9-8-13-4-1-2-5-16(13)22-15/h1-9,14,18,25H,10-12H2,(H2,21,23)/t14-,18-/m1/s1. The van der Waals surface area contributed by atoms with E-state index in [1.54, 1.807) is 23.1 Å². The van der Waals surface area contributed by atoms with Crippen molar-refractivity contribution in [3.63, 3.8) is 0 Å². The number of amides is 1. The number of rotatable bonds is 3. The molecule has 0 saturated carbocycles. The number of nitrogens with two attached hydrogens (primary N) is 1. The molecule has 3 heterocycles. The summed E-state index contributed by atoms with van der Waals surface area (Å²) in [5.41, 5.74) is 7.82. The Bertz CT molecular complexity index is 959. The summed E-state index contributed by atoms with van der Waals surface area (Å²) in [6.45, 7) is 0.776. The van der Waals surface area contributed by atoms with Crippen LogP contribution in [0.25, 0.3) is 10.9 Å². The molecule has 1 aliphatic rings. The zero-order chi connectivity index (χ0) is 18.1. The number of β-amino-alcohol motifs (C(OH)–C–C–N with tert-alkyl or cyclic N) is 1. The summed E-state index contributed by atoms with van der Waals surface area (Å²) in [6.07, 6.45) is 0.0495. The van der Waals surface area contributed by atoms with Crippen LogP contribution in [-0.2, 0) is 6.42 Å².